The van der Waals surface area contributed by atoms with Crippen molar-refractivity contribution in [3.63, 3.8) is 0 Å². The van der Waals surface area contributed by atoms with Gasteiger partial charge in [-0.25, -0.2) is 0 Å². The Morgan fingerprint density at radius 3 is 2.92 bits per heavy atom. The van der Waals surface area contributed by atoms with Crippen molar-refractivity contribution in [1.29, 1.82) is 0 Å². The van der Waals surface area contributed by atoms with Gasteiger partial charge in [0.15, 0.2) is 0 Å². The van der Waals surface area contributed by atoms with Crippen molar-refractivity contribution >= 4 is 6.29 Å². The minimum absolute atomic E-state index is 0.137. The Bertz CT molecular complexity index is 196. The number of aliphatic hydroxyl groups is 1. The second-order valence-electron chi connectivity index (χ2n) is 3.50. The lowest BCUT2D eigenvalue weighted by atomic mass is 9.92. The lowest BCUT2D eigenvalue weighted by molar-refractivity contribution is -0.106. The molecule has 2 atom stereocenters. The van der Waals surface area contributed by atoms with Gasteiger partial charge < -0.3 is 9.84 Å². The van der Waals surface area contributed by atoms with Crippen LogP contribution in [-0.2, 0) is 9.53 Å². The van der Waals surface area contributed by atoms with Crippen LogP contribution < -0.4 is 0 Å². The molecule has 3 heteroatoms. The zero-order valence-electron chi connectivity index (χ0n) is 7.36. The molecule has 1 rings (SSSR count). The van der Waals surface area contributed by atoms with Gasteiger partial charge in [-0.3, -0.25) is 4.79 Å². The maximum Gasteiger partial charge on any atom is 0.203 e. The van der Waals surface area contributed by atoms with Crippen LogP contribution >= 0.6 is 0 Å². The average molecular weight is 170 g/mol. The molecule has 0 aromatic heterocycles. The fourth-order valence-corrected chi connectivity index (χ4v) is 1.37. The van der Waals surface area contributed by atoms with Crippen molar-refractivity contribution in [3.8, 4) is 0 Å². The molecular formula is C9H14O3. The molecule has 0 spiro atoms. The topological polar surface area (TPSA) is 46.5 Å². The predicted molar refractivity (Wildman–Crippen MR) is 44.2 cm³/mol. The van der Waals surface area contributed by atoms with E-state index in [1.807, 2.05) is 13.8 Å². The lowest BCUT2D eigenvalue weighted by Crippen LogP contribution is -2.20. The van der Waals surface area contributed by atoms with E-state index >= 15 is 0 Å². The predicted octanol–water partition coefficient (Wildman–Crippen LogP) is 1.08. The van der Waals surface area contributed by atoms with E-state index in [0.29, 0.717) is 11.5 Å². The van der Waals surface area contributed by atoms with Crippen molar-refractivity contribution in [2.75, 3.05) is 0 Å². The molecule has 68 valence electrons. The standard InChI is InChI=1S/C9H14O3/c1-6(2)3-8-7(4-10)5-12-9(8)11/h4-6,8-9,11H,3H2,1-2H3/t8-,9-/m1/s1. The van der Waals surface area contributed by atoms with Crippen molar-refractivity contribution < 1.29 is 14.6 Å². The highest BCUT2D eigenvalue weighted by Crippen LogP contribution is 2.28. The van der Waals surface area contributed by atoms with Gasteiger partial charge in [0.25, 0.3) is 0 Å². The van der Waals surface area contributed by atoms with E-state index in [2.05, 4.69) is 0 Å². The summed E-state index contributed by atoms with van der Waals surface area (Å²) in [5.41, 5.74) is 0.566. The van der Waals surface area contributed by atoms with Gasteiger partial charge in [-0.15, -0.1) is 0 Å². The zero-order chi connectivity index (χ0) is 9.14. The number of hydrogen-bond donors (Lipinski definition) is 1. The van der Waals surface area contributed by atoms with Crippen LogP contribution in [0.3, 0.4) is 0 Å². The van der Waals surface area contributed by atoms with E-state index in [9.17, 15) is 9.90 Å². The normalized spacial score (nSPS) is 28.5. The highest BCUT2D eigenvalue weighted by atomic mass is 16.6. The van der Waals surface area contributed by atoms with Crippen LogP contribution in [-0.4, -0.2) is 17.7 Å². The summed E-state index contributed by atoms with van der Waals surface area (Å²) >= 11 is 0. The van der Waals surface area contributed by atoms with Crippen LogP contribution in [0.4, 0.5) is 0 Å². The molecule has 1 N–H and O–H groups in total. The summed E-state index contributed by atoms with van der Waals surface area (Å²) in [6, 6.07) is 0. The summed E-state index contributed by atoms with van der Waals surface area (Å²) in [5, 5.41) is 9.31. The molecule has 12 heavy (non-hydrogen) atoms. The van der Waals surface area contributed by atoms with Gasteiger partial charge in [0.1, 0.15) is 6.29 Å². The Balaban J connectivity index is 2.59. The van der Waals surface area contributed by atoms with E-state index in [-0.39, 0.29) is 5.92 Å². The van der Waals surface area contributed by atoms with Crippen molar-refractivity contribution in [2.45, 2.75) is 26.6 Å². The maximum absolute atomic E-state index is 10.5. The first-order chi connectivity index (χ1) is 5.65. The molecule has 0 bridgehead atoms. The van der Waals surface area contributed by atoms with E-state index in [0.717, 1.165) is 12.7 Å². The quantitative estimate of drug-likeness (QED) is 0.645. The Morgan fingerprint density at radius 1 is 1.75 bits per heavy atom. The summed E-state index contributed by atoms with van der Waals surface area (Å²) in [5.74, 6) is 0.317. The minimum atomic E-state index is -0.826. The molecule has 1 aliphatic heterocycles. The first kappa shape index (κ1) is 9.26. The SMILES string of the molecule is CC(C)C[C@@H]1C(C=O)=CO[C@H]1O. The van der Waals surface area contributed by atoms with Crippen molar-refractivity contribution in [1.82, 2.24) is 0 Å². The number of carbonyl (C=O) groups excluding carboxylic acids is 1. The highest BCUT2D eigenvalue weighted by molar-refractivity contribution is 5.74. The number of aliphatic hydroxyl groups excluding tert-OH is 1. The largest absolute Gasteiger partial charge is 0.472 e. The summed E-state index contributed by atoms with van der Waals surface area (Å²) in [4.78, 5) is 10.5. The summed E-state index contributed by atoms with van der Waals surface area (Å²) in [7, 11) is 0. The summed E-state index contributed by atoms with van der Waals surface area (Å²) in [6.07, 6.45) is 2.06. The third-order valence-electron chi connectivity index (χ3n) is 1.98. The number of rotatable bonds is 3. The van der Waals surface area contributed by atoms with Gasteiger partial charge in [0.2, 0.25) is 6.29 Å². The van der Waals surface area contributed by atoms with Gasteiger partial charge in [-0.1, -0.05) is 13.8 Å². The number of carbonyl (C=O) groups is 1. The van der Waals surface area contributed by atoms with Crippen molar-refractivity contribution in [2.24, 2.45) is 11.8 Å². The summed E-state index contributed by atoms with van der Waals surface area (Å²) < 4.78 is 4.83. The number of ether oxygens (including phenoxy) is 1. The zero-order valence-corrected chi connectivity index (χ0v) is 7.36. The molecule has 0 fully saturated rings. The highest BCUT2D eigenvalue weighted by Gasteiger charge is 2.30. The van der Waals surface area contributed by atoms with Crippen molar-refractivity contribution in [3.05, 3.63) is 11.8 Å². The van der Waals surface area contributed by atoms with Crippen LogP contribution in [0.15, 0.2) is 11.8 Å². The number of aldehydes is 1. The fraction of sp³-hybridized carbons (Fsp3) is 0.667. The molecule has 0 amide bonds. The first-order valence-corrected chi connectivity index (χ1v) is 4.14. The Hall–Kier alpha value is -0.830. The van der Waals surface area contributed by atoms with E-state index in [1.165, 1.54) is 6.26 Å². The molecule has 0 aromatic rings. The van der Waals surface area contributed by atoms with Gasteiger partial charge in [-0.2, -0.15) is 0 Å². The molecule has 0 saturated carbocycles. The Morgan fingerprint density at radius 2 is 2.42 bits per heavy atom. The van der Waals surface area contributed by atoms with Crippen LogP contribution in [0.25, 0.3) is 0 Å². The molecule has 3 nitrogen and oxygen atoms in total. The molecule has 1 aliphatic rings. The smallest absolute Gasteiger partial charge is 0.203 e. The average Bonchev–Trinajstić information content (AvgIpc) is 2.32. The molecule has 1 heterocycles. The molecule has 0 unspecified atom stereocenters. The van der Waals surface area contributed by atoms with Gasteiger partial charge >= 0.3 is 0 Å². The minimum Gasteiger partial charge on any atom is -0.472 e. The lowest BCUT2D eigenvalue weighted by Gasteiger charge is -2.16. The van der Waals surface area contributed by atoms with Gasteiger partial charge in [0.05, 0.1) is 12.2 Å². The first-order valence-electron chi connectivity index (χ1n) is 4.14. The summed E-state index contributed by atoms with van der Waals surface area (Å²) in [6.45, 7) is 4.10. The van der Waals surface area contributed by atoms with Crippen LogP contribution in [0.2, 0.25) is 0 Å². The fourth-order valence-electron chi connectivity index (χ4n) is 1.37. The third-order valence-corrected chi connectivity index (χ3v) is 1.98. The van der Waals surface area contributed by atoms with Gasteiger partial charge in [-0.05, 0) is 12.3 Å². The molecule has 0 aromatic carbocycles. The maximum atomic E-state index is 10.5. The van der Waals surface area contributed by atoms with Crippen LogP contribution in [0.5, 0.6) is 0 Å². The van der Waals surface area contributed by atoms with E-state index < -0.39 is 6.29 Å². The second-order valence-corrected chi connectivity index (χ2v) is 3.50. The van der Waals surface area contributed by atoms with Crippen LogP contribution in [0.1, 0.15) is 20.3 Å². The van der Waals surface area contributed by atoms with E-state index in [1.54, 1.807) is 0 Å². The van der Waals surface area contributed by atoms with Gasteiger partial charge in [0, 0.05) is 5.57 Å². The Labute approximate surface area is 72.0 Å². The second kappa shape index (κ2) is 3.72. The molecule has 0 radical (unpaired) electrons. The molecular weight excluding hydrogens is 156 g/mol. The third kappa shape index (κ3) is 1.85. The van der Waals surface area contributed by atoms with E-state index in [4.69, 9.17) is 4.74 Å². The number of hydrogen-bond acceptors (Lipinski definition) is 3. The molecule has 0 saturated heterocycles. The molecule has 0 aliphatic carbocycles. The Kier molecular flexibility index (Phi) is 2.87. The van der Waals surface area contributed by atoms with Crippen LogP contribution in [0, 0.1) is 11.8 Å². The monoisotopic (exact) mass is 170 g/mol.